The first kappa shape index (κ1) is 11.3. The number of halogens is 1. The van der Waals surface area contributed by atoms with Crippen LogP contribution < -0.4 is 0 Å². The van der Waals surface area contributed by atoms with Crippen molar-refractivity contribution in [1.29, 1.82) is 0 Å². The Morgan fingerprint density at radius 3 is 2.57 bits per heavy atom. The third kappa shape index (κ3) is 2.85. The van der Waals surface area contributed by atoms with Crippen molar-refractivity contribution < 1.29 is 4.79 Å². The highest BCUT2D eigenvalue weighted by Gasteiger charge is 2.11. The average molecular weight is 211 g/mol. The lowest BCUT2D eigenvalue weighted by Gasteiger charge is -2.09. The standard InChI is InChI=1S/C12H15ClO/c1-8-4-5-11(9(2)6-8)7-10(3)12(13)14/h4-6,10H,7H2,1-3H3. The molecule has 0 aliphatic heterocycles. The fourth-order valence-electron chi connectivity index (χ4n) is 1.48. The molecular weight excluding hydrogens is 196 g/mol. The fourth-order valence-corrected chi connectivity index (χ4v) is 1.56. The molecule has 0 radical (unpaired) electrons. The normalized spacial score (nSPS) is 12.6. The molecule has 0 saturated carbocycles. The van der Waals surface area contributed by atoms with E-state index in [4.69, 9.17) is 11.6 Å². The van der Waals surface area contributed by atoms with Crippen LogP contribution in [0.5, 0.6) is 0 Å². The Balaban J connectivity index is 2.82. The zero-order valence-corrected chi connectivity index (χ0v) is 9.56. The largest absolute Gasteiger partial charge is 0.281 e. The van der Waals surface area contributed by atoms with E-state index in [2.05, 4.69) is 32.0 Å². The van der Waals surface area contributed by atoms with E-state index in [0.29, 0.717) is 0 Å². The summed E-state index contributed by atoms with van der Waals surface area (Å²) in [6, 6.07) is 6.26. The molecule has 0 aliphatic carbocycles. The van der Waals surface area contributed by atoms with Gasteiger partial charge in [0.15, 0.2) is 0 Å². The van der Waals surface area contributed by atoms with Crippen LogP contribution in [0.4, 0.5) is 0 Å². The smallest absolute Gasteiger partial charge is 0.224 e. The SMILES string of the molecule is Cc1ccc(CC(C)C(=O)Cl)c(C)c1. The van der Waals surface area contributed by atoms with Crippen LogP contribution in [-0.4, -0.2) is 5.24 Å². The zero-order chi connectivity index (χ0) is 10.7. The second kappa shape index (κ2) is 4.61. The van der Waals surface area contributed by atoms with Crippen LogP contribution in [0.2, 0.25) is 0 Å². The zero-order valence-electron chi connectivity index (χ0n) is 8.80. The summed E-state index contributed by atoms with van der Waals surface area (Å²) in [7, 11) is 0. The minimum atomic E-state index is -0.259. The van der Waals surface area contributed by atoms with Gasteiger partial charge in [0.25, 0.3) is 0 Å². The molecule has 1 aromatic carbocycles. The fraction of sp³-hybridized carbons (Fsp3) is 0.417. The molecule has 1 nitrogen and oxygen atoms in total. The predicted octanol–water partition coefficient (Wildman–Crippen LogP) is 3.25. The number of hydrogen-bond donors (Lipinski definition) is 0. The van der Waals surface area contributed by atoms with Gasteiger partial charge in [-0.15, -0.1) is 0 Å². The third-order valence-electron chi connectivity index (χ3n) is 2.41. The highest BCUT2D eigenvalue weighted by atomic mass is 35.5. The van der Waals surface area contributed by atoms with E-state index in [1.807, 2.05) is 6.92 Å². The van der Waals surface area contributed by atoms with E-state index in [9.17, 15) is 4.79 Å². The number of aryl methyl sites for hydroxylation is 2. The lowest BCUT2D eigenvalue weighted by atomic mass is 9.97. The van der Waals surface area contributed by atoms with Crippen molar-refractivity contribution in [1.82, 2.24) is 0 Å². The Bertz CT molecular complexity index is 344. The van der Waals surface area contributed by atoms with E-state index in [0.717, 1.165) is 6.42 Å². The number of hydrogen-bond acceptors (Lipinski definition) is 1. The first-order chi connectivity index (χ1) is 6.50. The van der Waals surface area contributed by atoms with Gasteiger partial charge in [0.2, 0.25) is 5.24 Å². The lowest BCUT2D eigenvalue weighted by Crippen LogP contribution is -2.08. The summed E-state index contributed by atoms with van der Waals surface area (Å²) in [5.41, 5.74) is 3.68. The monoisotopic (exact) mass is 210 g/mol. The maximum absolute atomic E-state index is 10.9. The molecule has 0 saturated heterocycles. The molecule has 2 heteroatoms. The molecule has 0 heterocycles. The van der Waals surface area contributed by atoms with Crippen LogP contribution in [-0.2, 0) is 11.2 Å². The van der Waals surface area contributed by atoms with Gasteiger partial charge in [0.1, 0.15) is 0 Å². The molecule has 14 heavy (non-hydrogen) atoms. The Labute approximate surface area is 90.1 Å². The van der Waals surface area contributed by atoms with Crippen molar-refractivity contribution in [2.24, 2.45) is 5.92 Å². The van der Waals surface area contributed by atoms with Crippen molar-refractivity contribution in [3.8, 4) is 0 Å². The van der Waals surface area contributed by atoms with E-state index in [1.165, 1.54) is 16.7 Å². The van der Waals surface area contributed by atoms with Crippen LogP contribution in [0.3, 0.4) is 0 Å². The second-order valence-corrected chi connectivity index (χ2v) is 4.21. The van der Waals surface area contributed by atoms with Gasteiger partial charge >= 0.3 is 0 Å². The molecule has 1 atom stereocenters. The highest BCUT2D eigenvalue weighted by molar-refractivity contribution is 6.63. The lowest BCUT2D eigenvalue weighted by molar-refractivity contribution is -0.114. The van der Waals surface area contributed by atoms with Gasteiger partial charge in [-0.25, -0.2) is 0 Å². The highest BCUT2D eigenvalue weighted by Crippen LogP contribution is 2.16. The first-order valence-electron chi connectivity index (χ1n) is 4.76. The van der Waals surface area contributed by atoms with Crippen molar-refractivity contribution in [3.63, 3.8) is 0 Å². The molecule has 1 unspecified atom stereocenters. The number of rotatable bonds is 3. The molecule has 1 rings (SSSR count). The Morgan fingerprint density at radius 2 is 2.07 bits per heavy atom. The Morgan fingerprint density at radius 1 is 1.43 bits per heavy atom. The van der Waals surface area contributed by atoms with Gasteiger partial charge in [-0.3, -0.25) is 4.79 Å². The van der Waals surface area contributed by atoms with Gasteiger partial charge in [-0.1, -0.05) is 30.7 Å². The van der Waals surface area contributed by atoms with Gasteiger partial charge in [-0.2, -0.15) is 0 Å². The van der Waals surface area contributed by atoms with Crippen molar-refractivity contribution in [2.45, 2.75) is 27.2 Å². The van der Waals surface area contributed by atoms with Gasteiger partial charge < -0.3 is 0 Å². The van der Waals surface area contributed by atoms with E-state index in [1.54, 1.807) is 0 Å². The van der Waals surface area contributed by atoms with Crippen LogP contribution >= 0.6 is 11.6 Å². The molecule has 0 fully saturated rings. The minimum absolute atomic E-state index is 0.0990. The van der Waals surface area contributed by atoms with Crippen molar-refractivity contribution in [2.75, 3.05) is 0 Å². The summed E-state index contributed by atoms with van der Waals surface area (Å²) in [5, 5.41) is -0.259. The quantitative estimate of drug-likeness (QED) is 0.700. The van der Waals surface area contributed by atoms with E-state index >= 15 is 0 Å². The molecule has 1 aromatic rings. The maximum Gasteiger partial charge on any atom is 0.224 e. The molecule has 76 valence electrons. The van der Waals surface area contributed by atoms with E-state index < -0.39 is 0 Å². The molecular formula is C12H15ClO. The van der Waals surface area contributed by atoms with Crippen LogP contribution in [0, 0.1) is 19.8 Å². The van der Waals surface area contributed by atoms with E-state index in [-0.39, 0.29) is 11.2 Å². The van der Waals surface area contributed by atoms with Crippen molar-refractivity contribution in [3.05, 3.63) is 34.9 Å². The van der Waals surface area contributed by atoms with Crippen molar-refractivity contribution >= 4 is 16.8 Å². The summed E-state index contributed by atoms with van der Waals surface area (Å²) in [6.45, 7) is 5.98. The maximum atomic E-state index is 10.9. The number of benzene rings is 1. The third-order valence-corrected chi connectivity index (χ3v) is 2.78. The van der Waals surface area contributed by atoms with Gasteiger partial charge in [-0.05, 0) is 43.0 Å². The van der Waals surface area contributed by atoms with Gasteiger partial charge in [0.05, 0.1) is 0 Å². The molecule has 0 aromatic heterocycles. The number of carbonyl (C=O) groups excluding carboxylic acids is 1. The molecule has 0 bridgehead atoms. The van der Waals surface area contributed by atoms with Crippen LogP contribution in [0.1, 0.15) is 23.6 Å². The van der Waals surface area contributed by atoms with Crippen LogP contribution in [0.15, 0.2) is 18.2 Å². The molecule has 0 N–H and O–H groups in total. The first-order valence-corrected chi connectivity index (χ1v) is 5.14. The molecule has 0 spiro atoms. The average Bonchev–Trinajstić information content (AvgIpc) is 2.09. The van der Waals surface area contributed by atoms with Crippen LogP contribution in [0.25, 0.3) is 0 Å². The molecule has 0 aliphatic rings. The summed E-state index contributed by atoms with van der Waals surface area (Å²) >= 11 is 5.42. The molecule has 0 amide bonds. The minimum Gasteiger partial charge on any atom is -0.281 e. The summed E-state index contributed by atoms with van der Waals surface area (Å²) in [5.74, 6) is -0.0990. The summed E-state index contributed by atoms with van der Waals surface area (Å²) < 4.78 is 0. The topological polar surface area (TPSA) is 17.1 Å². The predicted molar refractivity (Wildman–Crippen MR) is 59.6 cm³/mol. The Hall–Kier alpha value is -0.820. The van der Waals surface area contributed by atoms with Gasteiger partial charge in [0, 0.05) is 5.92 Å². The second-order valence-electron chi connectivity index (χ2n) is 3.84. The Kier molecular flexibility index (Phi) is 3.70. The summed E-state index contributed by atoms with van der Waals surface area (Å²) in [4.78, 5) is 10.9. The number of carbonyl (C=O) groups is 1. The summed E-state index contributed by atoms with van der Waals surface area (Å²) in [6.07, 6.45) is 0.731.